The third kappa shape index (κ3) is 2.67. The van der Waals surface area contributed by atoms with Crippen LogP contribution in [-0.2, 0) is 13.2 Å². The van der Waals surface area contributed by atoms with Gasteiger partial charge < -0.3 is 0 Å². The highest BCUT2D eigenvalue weighted by molar-refractivity contribution is 6.08. The maximum atomic E-state index is 12.5. The van der Waals surface area contributed by atoms with Crippen LogP contribution in [0.3, 0.4) is 0 Å². The molecule has 0 aliphatic rings. The minimum Gasteiger partial charge on any atom is -0.287 e. The van der Waals surface area contributed by atoms with Gasteiger partial charge in [-0.2, -0.15) is 18.3 Å². The monoisotopic (exact) mass is 268 g/mol. The fourth-order valence-corrected chi connectivity index (χ4v) is 1.77. The molecule has 0 atom stereocenters. The maximum Gasteiger partial charge on any atom is 0.416 e. The minimum absolute atomic E-state index is 0.213. The molecule has 0 aliphatic carbocycles. The van der Waals surface area contributed by atoms with Gasteiger partial charge in [-0.3, -0.25) is 9.48 Å². The molecule has 0 amide bonds. The van der Waals surface area contributed by atoms with Crippen molar-refractivity contribution in [2.24, 2.45) is 7.05 Å². The molecule has 6 heteroatoms. The van der Waals surface area contributed by atoms with Gasteiger partial charge in [0.1, 0.15) is 5.69 Å². The van der Waals surface area contributed by atoms with Crippen LogP contribution < -0.4 is 0 Å². The van der Waals surface area contributed by atoms with Gasteiger partial charge in [-0.05, 0) is 30.7 Å². The van der Waals surface area contributed by atoms with E-state index in [0.29, 0.717) is 0 Å². The van der Waals surface area contributed by atoms with E-state index in [1.807, 2.05) is 0 Å². The van der Waals surface area contributed by atoms with E-state index >= 15 is 0 Å². The quantitative estimate of drug-likeness (QED) is 0.785. The first-order chi connectivity index (χ1) is 8.79. The largest absolute Gasteiger partial charge is 0.416 e. The molecule has 0 aliphatic heterocycles. The molecule has 100 valence electrons. The predicted octanol–water partition coefficient (Wildman–Crippen LogP) is 2.98. The zero-order valence-electron chi connectivity index (χ0n) is 10.3. The number of carbonyl (C=O) groups excluding carboxylic acids is 1. The van der Waals surface area contributed by atoms with Crippen molar-refractivity contribution in [2.75, 3.05) is 0 Å². The van der Waals surface area contributed by atoms with Gasteiger partial charge in [0, 0.05) is 18.8 Å². The molecule has 1 aromatic heterocycles. The van der Waals surface area contributed by atoms with Crippen LogP contribution in [0.1, 0.15) is 27.2 Å². The Bertz CT molecular complexity index is 629. The highest BCUT2D eigenvalue weighted by Crippen LogP contribution is 2.30. The molecule has 2 rings (SSSR count). The summed E-state index contributed by atoms with van der Waals surface area (Å²) in [5.74, 6) is -0.383. The van der Waals surface area contributed by atoms with Crippen LogP contribution in [0, 0.1) is 6.92 Å². The number of aryl methyl sites for hydroxylation is 2. The van der Waals surface area contributed by atoms with E-state index in [2.05, 4.69) is 5.10 Å². The Balaban J connectivity index is 2.39. The molecule has 0 saturated carbocycles. The van der Waals surface area contributed by atoms with Gasteiger partial charge in [0.05, 0.1) is 5.56 Å². The van der Waals surface area contributed by atoms with Gasteiger partial charge in [0.25, 0.3) is 0 Å². The predicted molar refractivity (Wildman–Crippen MR) is 62.8 cm³/mol. The van der Waals surface area contributed by atoms with Crippen molar-refractivity contribution in [1.82, 2.24) is 9.78 Å². The summed E-state index contributed by atoms with van der Waals surface area (Å²) in [5.41, 5.74) is -0.0369. The fourth-order valence-electron chi connectivity index (χ4n) is 1.77. The fraction of sp³-hybridized carbons (Fsp3) is 0.231. The molecule has 0 spiro atoms. The Kier molecular flexibility index (Phi) is 3.18. The Morgan fingerprint density at radius 2 is 1.95 bits per heavy atom. The van der Waals surface area contributed by atoms with Crippen LogP contribution >= 0.6 is 0 Å². The van der Waals surface area contributed by atoms with Crippen molar-refractivity contribution >= 4 is 5.78 Å². The average molecular weight is 268 g/mol. The first-order valence-electron chi connectivity index (χ1n) is 5.51. The summed E-state index contributed by atoms with van der Waals surface area (Å²) in [5, 5.41) is 3.94. The summed E-state index contributed by atoms with van der Waals surface area (Å²) in [6, 6.07) is 4.59. The van der Waals surface area contributed by atoms with Gasteiger partial charge in [-0.15, -0.1) is 0 Å². The molecular weight excluding hydrogens is 257 g/mol. The Labute approximate surface area is 107 Å². The number of hydrogen-bond donors (Lipinski definition) is 0. The standard InChI is InChI=1S/C13H11F3N2O/c1-8-7-9(13(14,15)16)3-4-10(8)12(19)11-5-6-18(2)17-11/h3-7H,1-2H3. The van der Waals surface area contributed by atoms with Crippen LogP contribution in [0.5, 0.6) is 0 Å². The number of halogens is 3. The average Bonchev–Trinajstić information content (AvgIpc) is 2.73. The molecule has 2 aromatic rings. The lowest BCUT2D eigenvalue weighted by atomic mass is 10.00. The molecule has 0 N–H and O–H groups in total. The summed E-state index contributed by atoms with van der Waals surface area (Å²) >= 11 is 0. The van der Waals surface area contributed by atoms with Crippen molar-refractivity contribution in [3.8, 4) is 0 Å². The first kappa shape index (κ1) is 13.3. The van der Waals surface area contributed by atoms with Crippen molar-refractivity contribution < 1.29 is 18.0 Å². The summed E-state index contributed by atoms with van der Waals surface area (Å²) in [4.78, 5) is 12.1. The van der Waals surface area contributed by atoms with Gasteiger partial charge >= 0.3 is 6.18 Å². The van der Waals surface area contributed by atoms with Gasteiger partial charge in [-0.1, -0.05) is 6.07 Å². The maximum absolute atomic E-state index is 12.5. The number of benzene rings is 1. The second kappa shape index (κ2) is 4.53. The SMILES string of the molecule is Cc1cc(C(F)(F)F)ccc1C(=O)c1ccn(C)n1. The van der Waals surface area contributed by atoms with Crippen LogP contribution in [0.2, 0.25) is 0 Å². The normalized spacial score (nSPS) is 11.6. The molecule has 0 unspecified atom stereocenters. The molecule has 0 bridgehead atoms. The summed E-state index contributed by atoms with van der Waals surface area (Å²) in [7, 11) is 1.66. The van der Waals surface area contributed by atoms with E-state index in [0.717, 1.165) is 12.1 Å². The molecule has 1 aromatic carbocycles. The van der Waals surface area contributed by atoms with Gasteiger partial charge in [0.2, 0.25) is 5.78 Å². The number of alkyl halides is 3. The van der Waals surface area contributed by atoms with E-state index in [-0.39, 0.29) is 22.6 Å². The van der Waals surface area contributed by atoms with Crippen molar-refractivity contribution in [2.45, 2.75) is 13.1 Å². The zero-order chi connectivity index (χ0) is 14.2. The van der Waals surface area contributed by atoms with E-state index in [1.54, 1.807) is 13.2 Å². The van der Waals surface area contributed by atoms with E-state index < -0.39 is 11.7 Å². The topological polar surface area (TPSA) is 34.9 Å². The highest BCUT2D eigenvalue weighted by Gasteiger charge is 2.31. The summed E-state index contributed by atoms with van der Waals surface area (Å²) in [6.45, 7) is 1.48. The van der Waals surface area contributed by atoms with Crippen molar-refractivity contribution in [1.29, 1.82) is 0 Å². The second-order valence-corrected chi connectivity index (χ2v) is 4.23. The van der Waals surface area contributed by atoms with Crippen LogP contribution in [0.15, 0.2) is 30.5 Å². The second-order valence-electron chi connectivity index (χ2n) is 4.23. The third-order valence-corrected chi connectivity index (χ3v) is 2.74. The lowest BCUT2D eigenvalue weighted by Crippen LogP contribution is -2.09. The van der Waals surface area contributed by atoms with Crippen molar-refractivity contribution in [3.63, 3.8) is 0 Å². The van der Waals surface area contributed by atoms with Gasteiger partial charge in [-0.25, -0.2) is 0 Å². The molecule has 19 heavy (non-hydrogen) atoms. The molecule has 0 radical (unpaired) electrons. The van der Waals surface area contributed by atoms with E-state index in [4.69, 9.17) is 0 Å². The number of hydrogen-bond acceptors (Lipinski definition) is 2. The number of rotatable bonds is 2. The lowest BCUT2D eigenvalue weighted by Gasteiger charge is -2.09. The number of ketones is 1. The van der Waals surface area contributed by atoms with E-state index in [9.17, 15) is 18.0 Å². The summed E-state index contributed by atoms with van der Waals surface area (Å²) < 4.78 is 39.0. The molecule has 1 heterocycles. The van der Waals surface area contributed by atoms with Crippen molar-refractivity contribution in [3.05, 3.63) is 52.8 Å². The third-order valence-electron chi connectivity index (χ3n) is 2.74. The van der Waals surface area contributed by atoms with Crippen LogP contribution in [0.4, 0.5) is 13.2 Å². The molecular formula is C13H11F3N2O. The first-order valence-corrected chi connectivity index (χ1v) is 5.51. The summed E-state index contributed by atoms with van der Waals surface area (Å²) in [6.07, 6.45) is -2.80. The smallest absolute Gasteiger partial charge is 0.287 e. The Morgan fingerprint density at radius 3 is 2.42 bits per heavy atom. The lowest BCUT2D eigenvalue weighted by molar-refractivity contribution is -0.137. The number of aromatic nitrogens is 2. The molecule has 0 fully saturated rings. The Morgan fingerprint density at radius 1 is 1.26 bits per heavy atom. The Hall–Kier alpha value is -2.11. The van der Waals surface area contributed by atoms with E-state index in [1.165, 1.54) is 23.7 Å². The minimum atomic E-state index is -4.41. The number of carbonyl (C=O) groups is 1. The molecule has 0 saturated heterocycles. The van der Waals surface area contributed by atoms with Crippen LogP contribution in [-0.4, -0.2) is 15.6 Å². The van der Waals surface area contributed by atoms with Crippen LogP contribution in [0.25, 0.3) is 0 Å². The number of nitrogens with zero attached hydrogens (tertiary/aromatic N) is 2. The molecule has 3 nitrogen and oxygen atoms in total. The zero-order valence-corrected chi connectivity index (χ0v) is 10.3. The highest BCUT2D eigenvalue weighted by atomic mass is 19.4. The van der Waals surface area contributed by atoms with Gasteiger partial charge in [0.15, 0.2) is 0 Å².